The van der Waals surface area contributed by atoms with Crippen molar-refractivity contribution in [1.29, 1.82) is 0 Å². The van der Waals surface area contributed by atoms with Gasteiger partial charge >= 0.3 is 0 Å². The Morgan fingerprint density at radius 2 is 1.16 bits per heavy atom. The molecule has 0 aromatic heterocycles. The molecule has 0 bridgehead atoms. The third-order valence-electron chi connectivity index (χ3n) is 7.76. The fourth-order valence-electron chi connectivity index (χ4n) is 5.25. The second-order valence-corrected chi connectivity index (χ2v) is 12.1. The van der Waals surface area contributed by atoms with E-state index in [2.05, 4.69) is 56.9 Å². The van der Waals surface area contributed by atoms with Crippen LogP contribution in [0.5, 0.6) is 0 Å². The highest BCUT2D eigenvalue weighted by Gasteiger charge is 2.48. The lowest BCUT2D eigenvalue weighted by atomic mass is 9.42. The molecular formula is C26H28BNO2S. The van der Waals surface area contributed by atoms with Crippen LogP contribution in [0.25, 0.3) is 0 Å². The zero-order valence-electron chi connectivity index (χ0n) is 18.6. The number of hydrogen-bond acceptors (Lipinski definition) is 3. The van der Waals surface area contributed by atoms with Gasteiger partial charge in [0.2, 0.25) is 9.84 Å². The highest BCUT2D eigenvalue weighted by Crippen LogP contribution is 2.53. The fourth-order valence-corrected chi connectivity index (χ4v) is 6.87. The van der Waals surface area contributed by atoms with Crippen molar-refractivity contribution in [3.63, 3.8) is 0 Å². The molecule has 0 unspecified atom stereocenters. The monoisotopic (exact) mass is 429 g/mol. The van der Waals surface area contributed by atoms with Crippen molar-refractivity contribution >= 4 is 39.1 Å². The van der Waals surface area contributed by atoms with Gasteiger partial charge in [0.15, 0.2) is 6.71 Å². The summed E-state index contributed by atoms with van der Waals surface area (Å²) >= 11 is 0. The maximum absolute atomic E-state index is 13.2. The van der Waals surface area contributed by atoms with E-state index >= 15 is 0 Å². The molecule has 5 rings (SSSR count). The minimum atomic E-state index is -3.53. The molecule has 5 heteroatoms. The summed E-state index contributed by atoms with van der Waals surface area (Å²) in [5.41, 5.74) is 4.39. The lowest BCUT2D eigenvalue weighted by molar-refractivity contribution is 0.177. The summed E-state index contributed by atoms with van der Waals surface area (Å²) < 4.78 is 26.4. The summed E-state index contributed by atoms with van der Waals surface area (Å²) in [5, 5.41) is 0. The standard InChI is InChI=1S/C26H28BNO2S/c1-25(2)17-27(18-26(25,3)4)19-13-15-20(16-14-19)28-21-9-5-7-11-23(21)31(29,30)24-12-8-6-10-22(24)28/h5-16H,17-18H2,1-4H3. The zero-order valence-corrected chi connectivity index (χ0v) is 19.4. The predicted octanol–water partition coefficient (Wildman–Crippen LogP) is 6.07. The number of anilines is 3. The van der Waals surface area contributed by atoms with Crippen molar-refractivity contribution in [2.45, 2.75) is 50.1 Å². The zero-order chi connectivity index (χ0) is 22.0. The van der Waals surface area contributed by atoms with E-state index < -0.39 is 9.84 Å². The van der Waals surface area contributed by atoms with Crippen molar-refractivity contribution < 1.29 is 8.42 Å². The lowest BCUT2D eigenvalue weighted by Crippen LogP contribution is -2.28. The minimum absolute atomic E-state index is 0.315. The van der Waals surface area contributed by atoms with E-state index in [1.165, 1.54) is 18.1 Å². The van der Waals surface area contributed by atoms with Gasteiger partial charge in [0, 0.05) is 5.69 Å². The number of hydrogen-bond donors (Lipinski definition) is 0. The van der Waals surface area contributed by atoms with E-state index in [1.54, 1.807) is 24.3 Å². The molecule has 0 radical (unpaired) electrons. The maximum atomic E-state index is 13.2. The van der Waals surface area contributed by atoms with Crippen LogP contribution in [0.1, 0.15) is 27.7 Å². The quantitative estimate of drug-likeness (QED) is 0.363. The molecule has 0 spiro atoms. The Balaban J connectivity index is 1.58. The summed E-state index contributed by atoms with van der Waals surface area (Å²) in [6, 6.07) is 23.3. The second-order valence-electron chi connectivity index (χ2n) is 10.2. The molecule has 1 saturated heterocycles. The first kappa shape index (κ1) is 20.4. The van der Waals surface area contributed by atoms with E-state index in [0.717, 1.165) is 5.69 Å². The van der Waals surface area contributed by atoms with Crippen LogP contribution in [0.3, 0.4) is 0 Å². The minimum Gasteiger partial charge on any atom is -0.308 e. The Bertz CT molecular complexity index is 1190. The van der Waals surface area contributed by atoms with Crippen LogP contribution in [0.4, 0.5) is 17.1 Å². The van der Waals surface area contributed by atoms with Crippen molar-refractivity contribution in [1.82, 2.24) is 0 Å². The highest BCUT2D eigenvalue weighted by atomic mass is 32.2. The van der Waals surface area contributed by atoms with Crippen LogP contribution in [0.2, 0.25) is 12.6 Å². The SMILES string of the molecule is CC1(C)CB(c2ccc(N3c4ccccc4S(=O)(=O)c4ccccc43)cc2)CC1(C)C. The Morgan fingerprint density at radius 3 is 1.65 bits per heavy atom. The van der Waals surface area contributed by atoms with Gasteiger partial charge in [-0.25, -0.2) is 8.42 Å². The Labute approximate surface area is 186 Å². The molecular weight excluding hydrogens is 401 g/mol. The predicted molar refractivity (Wildman–Crippen MR) is 129 cm³/mol. The van der Waals surface area contributed by atoms with E-state index in [0.29, 0.717) is 38.7 Å². The Kier molecular flexibility index (Phi) is 4.43. The van der Waals surface area contributed by atoms with Crippen LogP contribution >= 0.6 is 0 Å². The topological polar surface area (TPSA) is 37.4 Å². The summed E-state index contributed by atoms with van der Waals surface area (Å²) in [4.78, 5) is 2.78. The second kappa shape index (κ2) is 6.73. The van der Waals surface area contributed by atoms with Crippen molar-refractivity contribution in [2.75, 3.05) is 4.90 Å². The van der Waals surface area contributed by atoms with Gasteiger partial charge in [0.25, 0.3) is 0 Å². The molecule has 0 N–H and O–H groups in total. The van der Waals surface area contributed by atoms with E-state index in [4.69, 9.17) is 0 Å². The average molecular weight is 429 g/mol. The van der Waals surface area contributed by atoms with Gasteiger partial charge in [0.1, 0.15) is 0 Å². The van der Waals surface area contributed by atoms with Gasteiger partial charge in [-0.1, -0.05) is 82.2 Å². The number of para-hydroxylation sites is 2. The number of fused-ring (bicyclic) bond motifs is 2. The smallest absolute Gasteiger partial charge is 0.210 e. The molecule has 0 saturated carbocycles. The molecule has 2 aliphatic rings. The molecule has 0 aliphatic carbocycles. The largest absolute Gasteiger partial charge is 0.308 e. The Morgan fingerprint density at radius 1 is 0.710 bits per heavy atom. The summed E-state index contributed by atoms with van der Waals surface area (Å²) in [5.74, 6) is 0. The molecule has 2 heterocycles. The van der Waals surface area contributed by atoms with Crippen molar-refractivity contribution in [2.24, 2.45) is 10.8 Å². The van der Waals surface area contributed by atoms with Gasteiger partial charge in [-0.3, -0.25) is 0 Å². The third-order valence-corrected chi connectivity index (χ3v) is 9.61. The maximum Gasteiger partial charge on any atom is 0.210 e. The van der Waals surface area contributed by atoms with Crippen LogP contribution in [0, 0.1) is 10.8 Å². The number of rotatable bonds is 2. The number of nitrogens with zero attached hydrogens (tertiary/aromatic N) is 1. The van der Waals surface area contributed by atoms with Crippen LogP contribution in [0.15, 0.2) is 82.6 Å². The molecule has 0 atom stereocenters. The van der Waals surface area contributed by atoms with E-state index in [9.17, 15) is 8.42 Å². The Hall–Kier alpha value is -2.53. The van der Waals surface area contributed by atoms with E-state index in [-0.39, 0.29) is 0 Å². The van der Waals surface area contributed by atoms with Gasteiger partial charge in [-0.05, 0) is 47.2 Å². The van der Waals surface area contributed by atoms with Gasteiger partial charge in [-0.2, -0.15) is 0 Å². The molecule has 31 heavy (non-hydrogen) atoms. The van der Waals surface area contributed by atoms with Crippen LogP contribution < -0.4 is 10.4 Å². The molecule has 3 aromatic carbocycles. The molecule has 1 fully saturated rings. The molecule has 3 aromatic rings. The summed E-state index contributed by atoms with van der Waals surface area (Å²) in [6.07, 6.45) is 2.37. The average Bonchev–Trinajstić information content (AvgIpc) is 2.96. The first-order chi connectivity index (χ1) is 14.6. The molecule has 2 aliphatic heterocycles. The third kappa shape index (κ3) is 3.05. The van der Waals surface area contributed by atoms with Crippen molar-refractivity contribution in [3.05, 3.63) is 72.8 Å². The molecule has 3 nitrogen and oxygen atoms in total. The fraction of sp³-hybridized carbons (Fsp3) is 0.308. The lowest BCUT2D eigenvalue weighted by Gasteiger charge is -2.35. The number of benzene rings is 3. The summed E-state index contributed by atoms with van der Waals surface area (Å²) in [7, 11) is -3.53. The molecule has 0 amide bonds. The normalized spacial score (nSPS) is 20.3. The summed E-state index contributed by atoms with van der Waals surface area (Å²) in [6.45, 7) is 10.1. The van der Waals surface area contributed by atoms with Gasteiger partial charge < -0.3 is 4.90 Å². The number of sulfone groups is 1. The van der Waals surface area contributed by atoms with Crippen LogP contribution in [-0.2, 0) is 9.84 Å². The van der Waals surface area contributed by atoms with Gasteiger partial charge in [0.05, 0.1) is 21.2 Å². The molecule has 158 valence electrons. The first-order valence-electron chi connectivity index (χ1n) is 11.0. The van der Waals surface area contributed by atoms with Crippen LogP contribution in [-0.4, -0.2) is 15.1 Å². The first-order valence-corrected chi connectivity index (χ1v) is 12.4. The van der Waals surface area contributed by atoms with Crippen molar-refractivity contribution in [3.8, 4) is 0 Å². The van der Waals surface area contributed by atoms with Gasteiger partial charge in [-0.15, -0.1) is 0 Å². The highest BCUT2D eigenvalue weighted by molar-refractivity contribution is 7.92. The van der Waals surface area contributed by atoms with E-state index in [1.807, 2.05) is 24.3 Å².